The van der Waals surface area contributed by atoms with Gasteiger partial charge in [-0.3, -0.25) is 4.79 Å². The number of rotatable bonds is 6. The van der Waals surface area contributed by atoms with Crippen molar-refractivity contribution in [2.24, 2.45) is 11.3 Å². The van der Waals surface area contributed by atoms with Crippen molar-refractivity contribution >= 4 is 28.9 Å². The summed E-state index contributed by atoms with van der Waals surface area (Å²) in [6.07, 6.45) is 7.25. The molecule has 0 spiro atoms. The van der Waals surface area contributed by atoms with Crippen LogP contribution in [-0.2, 0) is 10.4 Å². The van der Waals surface area contributed by atoms with E-state index < -0.39 is 22.9 Å². The first kappa shape index (κ1) is 22.9. The molecule has 0 aromatic carbocycles. The Morgan fingerprint density at radius 3 is 2.65 bits per heavy atom. The third-order valence-corrected chi connectivity index (χ3v) is 8.26. The highest BCUT2D eigenvalue weighted by atomic mass is 32.1. The number of aryl methyl sites for hydroxylation is 1. The molecule has 34 heavy (non-hydrogen) atoms. The summed E-state index contributed by atoms with van der Waals surface area (Å²) in [4.78, 5) is 26.3. The lowest BCUT2D eigenvalue weighted by atomic mass is 9.63. The molecule has 3 heterocycles. The Hall–Kier alpha value is -2.84. The van der Waals surface area contributed by atoms with Crippen molar-refractivity contribution in [3.8, 4) is 10.6 Å². The second kappa shape index (κ2) is 8.43. The van der Waals surface area contributed by atoms with E-state index in [1.807, 2.05) is 39.1 Å². The largest absolute Gasteiger partial charge is 0.481 e. The van der Waals surface area contributed by atoms with E-state index in [1.165, 1.54) is 29.7 Å². The van der Waals surface area contributed by atoms with E-state index in [1.54, 1.807) is 6.20 Å². The first-order chi connectivity index (χ1) is 16.1. The molecule has 2 aliphatic carbocycles. The van der Waals surface area contributed by atoms with Crippen LogP contribution in [-0.4, -0.2) is 31.1 Å². The van der Waals surface area contributed by atoms with E-state index in [9.17, 15) is 15.0 Å². The summed E-state index contributed by atoms with van der Waals surface area (Å²) in [6.45, 7) is 5.85. The number of anilines is 2. The van der Waals surface area contributed by atoms with E-state index >= 15 is 0 Å². The van der Waals surface area contributed by atoms with E-state index in [0.717, 1.165) is 22.0 Å². The predicted molar refractivity (Wildman–Crippen MR) is 132 cm³/mol. The number of aliphatic carboxylic acids is 1. The van der Waals surface area contributed by atoms with Gasteiger partial charge in [-0.15, -0.1) is 11.3 Å². The van der Waals surface area contributed by atoms with Crippen LogP contribution in [0.2, 0.25) is 0 Å². The molecule has 2 saturated carbocycles. The smallest absolute Gasteiger partial charge is 0.307 e. The van der Waals surface area contributed by atoms with Crippen molar-refractivity contribution in [3.63, 3.8) is 0 Å². The van der Waals surface area contributed by atoms with Crippen molar-refractivity contribution in [2.45, 2.75) is 64.4 Å². The van der Waals surface area contributed by atoms with E-state index in [0.29, 0.717) is 36.0 Å². The number of hydrogen-bond donors (Lipinski definition) is 3. The van der Waals surface area contributed by atoms with Crippen molar-refractivity contribution in [3.05, 3.63) is 52.8 Å². The lowest BCUT2D eigenvalue weighted by Gasteiger charge is -2.44. The van der Waals surface area contributed by atoms with Crippen LogP contribution in [0.4, 0.5) is 11.6 Å². The molecule has 0 saturated heterocycles. The third-order valence-electron chi connectivity index (χ3n) is 7.05. The number of carboxylic acids is 1. The number of hydrogen-bond acceptors (Lipinski definition) is 7. The molecule has 178 valence electrons. The Morgan fingerprint density at radius 1 is 1.15 bits per heavy atom. The minimum absolute atomic E-state index is 0.362. The van der Waals surface area contributed by atoms with Crippen molar-refractivity contribution in [2.75, 3.05) is 5.32 Å². The molecule has 5 rings (SSSR count). The van der Waals surface area contributed by atoms with Gasteiger partial charge in [0, 0.05) is 12.4 Å². The van der Waals surface area contributed by atoms with Crippen LogP contribution in [0.25, 0.3) is 10.6 Å². The summed E-state index contributed by atoms with van der Waals surface area (Å²) in [5.74, 6) is 0.887. The molecular formula is C26H30N4O3S. The number of pyridine rings is 2. The van der Waals surface area contributed by atoms with Crippen LogP contribution >= 0.6 is 11.3 Å². The highest BCUT2D eigenvalue weighted by Crippen LogP contribution is 2.50. The fourth-order valence-electron chi connectivity index (χ4n) is 5.16. The monoisotopic (exact) mass is 478 g/mol. The summed E-state index contributed by atoms with van der Waals surface area (Å²) < 4.78 is 0. The maximum Gasteiger partial charge on any atom is 0.307 e. The number of carboxylic acid groups (broad SMARTS) is 1. The molecule has 3 N–H and O–H groups in total. The molecule has 0 aliphatic heterocycles. The van der Waals surface area contributed by atoms with Gasteiger partial charge in [-0.2, -0.15) is 0 Å². The zero-order valence-electron chi connectivity index (χ0n) is 19.7. The number of carbonyl (C=O) groups is 1. The molecule has 7 nitrogen and oxygen atoms in total. The minimum Gasteiger partial charge on any atom is -0.481 e. The Labute approximate surface area is 203 Å². The lowest BCUT2D eigenvalue weighted by molar-refractivity contribution is -0.154. The normalized spacial score (nSPS) is 24.1. The summed E-state index contributed by atoms with van der Waals surface area (Å²) in [7, 11) is 0. The van der Waals surface area contributed by atoms with Crippen LogP contribution in [0, 0.1) is 18.3 Å². The number of nitrogens with one attached hydrogen (secondary N) is 1. The van der Waals surface area contributed by atoms with Crippen molar-refractivity contribution in [1.29, 1.82) is 0 Å². The molecule has 2 aliphatic rings. The Morgan fingerprint density at radius 2 is 1.94 bits per heavy atom. The third kappa shape index (κ3) is 4.57. The van der Waals surface area contributed by atoms with Crippen molar-refractivity contribution in [1.82, 2.24) is 15.0 Å². The molecule has 3 aromatic heterocycles. The van der Waals surface area contributed by atoms with Gasteiger partial charge in [-0.25, -0.2) is 15.0 Å². The first-order valence-corrected chi connectivity index (χ1v) is 12.6. The fourth-order valence-corrected chi connectivity index (χ4v) is 6.15. The maximum atomic E-state index is 11.6. The Balaban J connectivity index is 1.38. The molecule has 0 bridgehead atoms. The molecule has 2 fully saturated rings. The molecule has 0 radical (unpaired) electrons. The summed E-state index contributed by atoms with van der Waals surface area (Å²) in [5, 5.41) is 24.9. The molecule has 0 amide bonds. The summed E-state index contributed by atoms with van der Waals surface area (Å²) >= 11 is 1.43. The Bertz CT molecular complexity index is 1240. The van der Waals surface area contributed by atoms with Crippen LogP contribution in [0.1, 0.15) is 68.0 Å². The topological polar surface area (TPSA) is 108 Å². The predicted octanol–water partition coefficient (Wildman–Crippen LogP) is 5.63. The zero-order valence-corrected chi connectivity index (χ0v) is 20.5. The summed E-state index contributed by atoms with van der Waals surface area (Å²) in [6, 6.07) is 8.16. The van der Waals surface area contributed by atoms with Gasteiger partial charge in [0.05, 0.1) is 16.5 Å². The fraction of sp³-hybridized carbons (Fsp3) is 0.462. The van der Waals surface area contributed by atoms with Gasteiger partial charge in [0.2, 0.25) is 0 Å². The highest BCUT2D eigenvalue weighted by molar-refractivity contribution is 7.15. The quantitative estimate of drug-likeness (QED) is 0.421. The SMILES string of the molecule is Cc1cc(Nc2cc(C3CC3)ccn2)nc(-c2cnc(C3(O)CCC(C(=O)O)C(C)(C)C3)s2)c1. The second-order valence-corrected chi connectivity index (χ2v) is 11.5. The number of nitrogens with zero attached hydrogens (tertiary/aromatic N) is 3. The van der Waals surface area contributed by atoms with Gasteiger partial charge in [-0.1, -0.05) is 13.8 Å². The van der Waals surface area contributed by atoms with Crippen LogP contribution in [0.3, 0.4) is 0 Å². The summed E-state index contributed by atoms with van der Waals surface area (Å²) in [5.41, 5.74) is 1.50. The van der Waals surface area contributed by atoms with Crippen LogP contribution in [0.5, 0.6) is 0 Å². The van der Waals surface area contributed by atoms with Crippen LogP contribution < -0.4 is 5.32 Å². The van der Waals surface area contributed by atoms with Gasteiger partial charge in [-0.05, 0) is 85.8 Å². The van der Waals surface area contributed by atoms with Gasteiger partial charge in [0.15, 0.2) is 0 Å². The zero-order chi connectivity index (χ0) is 24.1. The minimum atomic E-state index is -1.13. The van der Waals surface area contributed by atoms with E-state index in [4.69, 9.17) is 4.98 Å². The van der Waals surface area contributed by atoms with Gasteiger partial charge in [0.1, 0.15) is 22.2 Å². The second-order valence-electron chi connectivity index (χ2n) is 10.4. The van der Waals surface area contributed by atoms with Crippen LogP contribution in [0.15, 0.2) is 36.7 Å². The number of aromatic nitrogens is 3. The van der Waals surface area contributed by atoms with E-state index in [2.05, 4.69) is 27.4 Å². The lowest BCUT2D eigenvalue weighted by Crippen LogP contribution is -2.44. The molecule has 2 unspecified atom stereocenters. The Kier molecular flexibility index (Phi) is 5.68. The molecular weight excluding hydrogens is 448 g/mol. The van der Waals surface area contributed by atoms with E-state index in [-0.39, 0.29) is 0 Å². The van der Waals surface area contributed by atoms with Gasteiger partial charge >= 0.3 is 5.97 Å². The average Bonchev–Trinajstić information content (AvgIpc) is 3.48. The number of aliphatic hydroxyl groups is 1. The first-order valence-electron chi connectivity index (χ1n) is 11.8. The average molecular weight is 479 g/mol. The highest BCUT2D eigenvalue weighted by Gasteiger charge is 2.49. The maximum absolute atomic E-state index is 11.6. The molecule has 8 heteroatoms. The molecule has 3 aromatic rings. The van der Waals surface area contributed by atoms with Crippen molar-refractivity contribution < 1.29 is 15.0 Å². The van der Waals surface area contributed by atoms with Gasteiger partial charge < -0.3 is 15.5 Å². The standard InChI is InChI=1S/C26H30N4O3S/c1-15-10-19(29-22(11-15)30-21-12-17(7-9-27-21)16-4-5-16)20-13-28-24(34-20)26(33)8-6-18(23(31)32)25(2,3)14-26/h7,9-13,16,18,33H,4-6,8,14H2,1-3H3,(H,31,32)(H,27,29,30). The van der Waals surface area contributed by atoms with Gasteiger partial charge in [0.25, 0.3) is 0 Å². The number of thiazole rings is 1. The molecule has 2 atom stereocenters.